The number of benzene rings is 2. The summed E-state index contributed by atoms with van der Waals surface area (Å²) >= 11 is 3.61. The molecule has 1 heterocycles. The maximum Gasteiger partial charge on any atom is 0.231 e. The summed E-state index contributed by atoms with van der Waals surface area (Å²) in [5.74, 6) is 2.56. The molecule has 1 unspecified atom stereocenters. The molecule has 2 aliphatic rings. The van der Waals surface area contributed by atoms with Gasteiger partial charge in [-0.1, -0.05) is 31.7 Å². The molecule has 1 atom stereocenters. The summed E-state index contributed by atoms with van der Waals surface area (Å²) in [6, 6.07) is 10.0. The van der Waals surface area contributed by atoms with E-state index in [1.165, 1.54) is 38.5 Å². The number of aliphatic hydroxyl groups is 1. The lowest BCUT2D eigenvalue weighted by Gasteiger charge is -2.19. The third-order valence-corrected chi connectivity index (χ3v) is 6.50. The third kappa shape index (κ3) is 6.22. The van der Waals surface area contributed by atoms with Crippen molar-refractivity contribution in [3.05, 3.63) is 45.9 Å². The average molecular weight is 529 g/mol. The number of rotatable bonds is 8. The van der Waals surface area contributed by atoms with Crippen LogP contribution in [0.2, 0.25) is 0 Å². The molecule has 176 valence electrons. The Bertz CT molecular complexity index is 889. The van der Waals surface area contributed by atoms with E-state index in [-0.39, 0.29) is 25.8 Å². The lowest BCUT2D eigenvalue weighted by molar-refractivity contribution is 0.105. The molecule has 2 N–H and O–H groups in total. The van der Waals surface area contributed by atoms with Gasteiger partial charge in [-0.05, 0) is 64.2 Å². The fourth-order valence-corrected chi connectivity index (χ4v) is 4.74. The van der Waals surface area contributed by atoms with Crippen LogP contribution < -0.4 is 24.3 Å². The van der Waals surface area contributed by atoms with Crippen LogP contribution in [0.3, 0.4) is 0 Å². The quantitative estimate of drug-likeness (QED) is 0.439. The first kappa shape index (κ1) is 25.0. The van der Waals surface area contributed by atoms with Gasteiger partial charge in [-0.3, -0.25) is 0 Å². The highest BCUT2D eigenvalue weighted by Crippen LogP contribution is 2.38. The van der Waals surface area contributed by atoms with Gasteiger partial charge in [0.15, 0.2) is 23.0 Å². The third-order valence-electron chi connectivity index (χ3n) is 5.91. The number of aliphatic hydroxyl groups excluding tert-OH is 1. The molecule has 8 heteroatoms. The first-order chi connectivity index (χ1) is 15.1. The first-order valence-corrected chi connectivity index (χ1v) is 11.7. The molecule has 1 aliphatic carbocycles. The molecule has 1 fully saturated rings. The summed E-state index contributed by atoms with van der Waals surface area (Å²) in [5, 5.41) is 14.3. The maximum absolute atomic E-state index is 10.6. The van der Waals surface area contributed by atoms with Crippen molar-refractivity contribution < 1.29 is 24.1 Å². The summed E-state index contributed by atoms with van der Waals surface area (Å²) < 4.78 is 23.0. The minimum Gasteiger partial charge on any atom is -0.493 e. The van der Waals surface area contributed by atoms with Gasteiger partial charge in [0.25, 0.3) is 0 Å². The monoisotopic (exact) mass is 527 g/mol. The summed E-state index contributed by atoms with van der Waals surface area (Å²) in [7, 11) is 1.63. The standard InChI is InChI=1S/C24H30BrNO5.ClH/c1-28-23-11-16(13-26-18-6-4-2-3-5-7-18)10-19(25)24(23)29-14-20(27)17-8-9-21-22(12-17)31-15-30-21;/h8-12,18,20,26-27H,2-7,13-15H2,1H3;1H. The van der Waals surface area contributed by atoms with Crippen molar-refractivity contribution in [2.75, 3.05) is 20.5 Å². The molecule has 32 heavy (non-hydrogen) atoms. The molecule has 4 rings (SSSR count). The van der Waals surface area contributed by atoms with Gasteiger partial charge in [0.05, 0.1) is 11.6 Å². The molecule has 0 aromatic heterocycles. The van der Waals surface area contributed by atoms with Crippen molar-refractivity contribution in [1.82, 2.24) is 5.32 Å². The lowest BCUT2D eigenvalue weighted by Crippen LogP contribution is -2.27. The van der Waals surface area contributed by atoms with Crippen LogP contribution in [-0.2, 0) is 6.54 Å². The number of ether oxygens (including phenoxy) is 4. The highest BCUT2D eigenvalue weighted by Gasteiger charge is 2.19. The van der Waals surface area contributed by atoms with Gasteiger partial charge in [0.2, 0.25) is 6.79 Å². The van der Waals surface area contributed by atoms with Crippen LogP contribution in [-0.4, -0.2) is 31.7 Å². The van der Waals surface area contributed by atoms with E-state index in [0.29, 0.717) is 34.6 Å². The molecule has 2 aromatic carbocycles. The molecular formula is C24H31BrClNO5. The minimum absolute atomic E-state index is 0. The zero-order valence-electron chi connectivity index (χ0n) is 18.3. The Hall–Kier alpha value is -1.67. The average Bonchev–Trinajstić information content (AvgIpc) is 3.10. The molecule has 0 amide bonds. The summed E-state index contributed by atoms with van der Waals surface area (Å²) in [4.78, 5) is 0. The van der Waals surface area contributed by atoms with Crippen LogP contribution in [0.1, 0.15) is 55.8 Å². The minimum atomic E-state index is -0.803. The number of hydrogen-bond acceptors (Lipinski definition) is 6. The fourth-order valence-electron chi connectivity index (χ4n) is 4.14. The Morgan fingerprint density at radius 2 is 1.84 bits per heavy atom. The van der Waals surface area contributed by atoms with Gasteiger partial charge in [-0.25, -0.2) is 0 Å². The Balaban J connectivity index is 0.00000289. The van der Waals surface area contributed by atoms with Crippen LogP contribution in [0, 0.1) is 0 Å². The summed E-state index contributed by atoms with van der Waals surface area (Å²) in [5.41, 5.74) is 1.85. The van der Waals surface area contributed by atoms with E-state index < -0.39 is 6.10 Å². The SMILES string of the molecule is COc1cc(CNC2CCCCCC2)cc(Br)c1OCC(O)c1ccc2c(c1)OCO2.Cl. The smallest absolute Gasteiger partial charge is 0.231 e. The van der Waals surface area contributed by atoms with Crippen LogP contribution in [0.5, 0.6) is 23.0 Å². The molecule has 0 spiro atoms. The Labute approximate surface area is 204 Å². The van der Waals surface area contributed by atoms with E-state index >= 15 is 0 Å². The van der Waals surface area contributed by atoms with Crippen molar-refractivity contribution in [2.45, 2.75) is 57.2 Å². The molecule has 0 radical (unpaired) electrons. The largest absolute Gasteiger partial charge is 0.493 e. The highest BCUT2D eigenvalue weighted by molar-refractivity contribution is 9.10. The lowest BCUT2D eigenvalue weighted by atomic mass is 10.1. The van der Waals surface area contributed by atoms with Gasteiger partial charge >= 0.3 is 0 Å². The van der Waals surface area contributed by atoms with Gasteiger partial charge in [-0.15, -0.1) is 12.4 Å². The van der Waals surface area contributed by atoms with E-state index in [2.05, 4.69) is 27.3 Å². The van der Waals surface area contributed by atoms with Gasteiger partial charge in [-0.2, -0.15) is 0 Å². The second kappa shape index (κ2) is 12.0. The second-order valence-electron chi connectivity index (χ2n) is 8.12. The van der Waals surface area contributed by atoms with Crippen LogP contribution in [0.25, 0.3) is 0 Å². The molecule has 6 nitrogen and oxygen atoms in total. The predicted molar refractivity (Wildman–Crippen MR) is 129 cm³/mol. The summed E-state index contributed by atoms with van der Waals surface area (Å²) in [6.45, 7) is 1.09. The van der Waals surface area contributed by atoms with Crippen molar-refractivity contribution in [2.24, 2.45) is 0 Å². The Kier molecular flexibility index (Phi) is 9.34. The number of hydrogen-bond donors (Lipinski definition) is 2. The van der Waals surface area contributed by atoms with E-state index in [1.807, 2.05) is 12.1 Å². The van der Waals surface area contributed by atoms with Crippen molar-refractivity contribution in [3.8, 4) is 23.0 Å². The van der Waals surface area contributed by atoms with Gasteiger partial charge < -0.3 is 29.4 Å². The molecule has 0 bridgehead atoms. The van der Waals surface area contributed by atoms with Crippen molar-refractivity contribution in [1.29, 1.82) is 0 Å². The van der Waals surface area contributed by atoms with E-state index in [9.17, 15) is 5.11 Å². The molecule has 0 saturated heterocycles. The van der Waals surface area contributed by atoms with Crippen LogP contribution in [0.15, 0.2) is 34.8 Å². The topological polar surface area (TPSA) is 69.2 Å². The number of fused-ring (bicyclic) bond motifs is 1. The van der Waals surface area contributed by atoms with Crippen LogP contribution in [0.4, 0.5) is 0 Å². The highest BCUT2D eigenvalue weighted by atomic mass is 79.9. The normalized spacial score (nSPS) is 16.7. The summed E-state index contributed by atoms with van der Waals surface area (Å²) in [6.07, 6.45) is 7.01. The first-order valence-electron chi connectivity index (χ1n) is 10.9. The molecular weight excluding hydrogens is 498 g/mol. The van der Waals surface area contributed by atoms with Gasteiger partial charge in [0.1, 0.15) is 12.7 Å². The zero-order valence-corrected chi connectivity index (χ0v) is 20.7. The zero-order chi connectivity index (χ0) is 21.6. The van der Waals surface area contributed by atoms with Crippen molar-refractivity contribution >= 4 is 28.3 Å². The van der Waals surface area contributed by atoms with E-state index in [0.717, 1.165) is 16.6 Å². The number of halogens is 2. The molecule has 1 aliphatic heterocycles. The van der Waals surface area contributed by atoms with E-state index in [1.54, 1.807) is 19.2 Å². The van der Waals surface area contributed by atoms with Crippen molar-refractivity contribution in [3.63, 3.8) is 0 Å². The maximum atomic E-state index is 10.6. The van der Waals surface area contributed by atoms with Crippen LogP contribution >= 0.6 is 28.3 Å². The van der Waals surface area contributed by atoms with E-state index in [4.69, 9.17) is 18.9 Å². The Morgan fingerprint density at radius 1 is 1.09 bits per heavy atom. The Morgan fingerprint density at radius 3 is 2.59 bits per heavy atom. The molecule has 1 saturated carbocycles. The predicted octanol–water partition coefficient (Wildman–Crippen LogP) is 5.53. The van der Waals surface area contributed by atoms with Gasteiger partial charge in [0, 0.05) is 12.6 Å². The second-order valence-corrected chi connectivity index (χ2v) is 8.97. The molecule has 2 aromatic rings. The number of methoxy groups -OCH3 is 1. The number of nitrogens with one attached hydrogen (secondary N) is 1. The fraction of sp³-hybridized carbons (Fsp3) is 0.500.